The van der Waals surface area contributed by atoms with E-state index in [1.165, 1.54) is 0 Å². The molecule has 4 aromatic rings. The summed E-state index contributed by atoms with van der Waals surface area (Å²) in [7, 11) is 0. The molecule has 6 heteroatoms. The SMILES string of the molecule is Br.Brc1cccc(-n2c[n+](-c3ccccc3)c3nccnc32)c1. The fraction of sp³-hybridized carbons (Fsp3) is 0. The quantitative estimate of drug-likeness (QED) is 0.448. The van der Waals surface area contributed by atoms with E-state index in [0.29, 0.717) is 0 Å². The Morgan fingerprint density at radius 2 is 1.70 bits per heavy atom. The first-order valence-electron chi connectivity index (χ1n) is 6.88. The van der Waals surface area contributed by atoms with E-state index in [9.17, 15) is 0 Å². The number of hydrogen-bond donors (Lipinski definition) is 0. The molecule has 2 heterocycles. The normalized spacial score (nSPS) is 10.5. The largest absolute Gasteiger partial charge is 0.327 e. The van der Waals surface area contributed by atoms with Crippen LogP contribution in [0.5, 0.6) is 0 Å². The van der Waals surface area contributed by atoms with Crippen LogP contribution in [0.15, 0.2) is 77.8 Å². The molecule has 23 heavy (non-hydrogen) atoms. The zero-order chi connectivity index (χ0) is 14.9. The van der Waals surface area contributed by atoms with Crippen LogP contribution >= 0.6 is 32.9 Å². The number of rotatable bonds is 2. The van der Waals surface area contributed by atoms with Gasteiger partial charge in [-0.3, -0.25) is 0 Å². The maximum absolute atomic E-state index is 4.50. The average molecular weight is 433 g/mol. The molecule has 0 aliphatic heterocycles. The third-order valence-corrected chi connectivity index (χ3v) is 3.96. The lowest BCUT2D eigenvalue weighted by Gasteiger charge is -1.98. The molecule has 0 spiro atoms. The second-order valence-electron chi connectivity index (χ2n) is 4.87. The molecule has 0 saturated carbocycles. The zero-order valence-electron chi connectivity index (χ0n) is 12.0. The molecule has 0 bridgehead atoms. The summed E-state index contributed by atoms with van der Waals surface area (Å²) in [5, 5.41) is 0. The smallest absolute Gasteiger partial charge is 0.215 e. The minimum atomic E-state index is 0. The molecule has 2 aromatic carbocycles. The maximum Gasteiger partial charge on any atom is 0.327 e. The Bertz CT molecular complexity index is 951. The van der Waals surface area contributed by atoms with Crippen LogP contribution in [0.25, 0.3) is 22.7 Å². The third kappa shape index (κ3) is 2.92. The fourth-order valence-electron chi connectivity index (χ4n) is 2.48. The summed E-state index contributed by atoms with van der Waals surface area (Å²) in [6, 6.07) is 18.3. The highest BCUT2D eigenvalue weighted by atomic mass is 79.9. The van der Waals surface area contributed by atoms with Crippen LogP contribution in [-0.4, -0.2) is 14.5 Å². The third-order valence-electron chi connectivity index (χ3n) is 3.47. The van der Waals surface area contributed by atoms with Crippen LogP contribution in [0.4, 0.5) is 0 Å². The Morgan fingerprint density at radius 3 is 2.48 bits per heavy atom. The molecule has 0 atom stereocenters. The molecule has 4 nitrogen and oxygen atoms in total. The predicted molar refractivity (Wildman–Crippen MR) is 98.4 cm³/mol. The number of para-hydroxylation sites is 1. The van der Waals surface area contributed by atoms with Gasteiger partial charge in [0.05, 0.1) is 6.20 Å². The molecule has 0 saturated heterocycles. The van der Waals surface area contributed by atoms with Crippen LogP contribution in [0.2, 0.25) is 0 Å². The molecule has 2 aromatic heterocycles. The zero-order valence-corrected chi connectivity index (χ0v) is 15.3. The van der Waals surface area contributed by atoms with Gasteiger partial charge in [0.2, 0.25) is 6.33 Å². The lowest BCUT2D eigenvalue weighted by Crippen LogP contribution is -2.29. The van der Waals surface area contributed by atoms with Gasteiger partial charge in [0.1, 0.15) is 17.6 Å². The van der Waals surface area contributed by atoms with Crippen molar-refractivity contribution >= 4 is 44.2 Å². The molecule has 4 rings (SSSR count). The summed E-state index contributed by atoms with van der Waals surface area (Å²) < 4.78 is 5.12. The van der Waals surface area contributed by atoms with Gasteiger partial charge in [0.25, 0.3) is 5.65 Å². The van der Waals surface area contributed by atoms with Gasteiger partial charge in [-0.05, 0) is 30.3 Å². The molecule has 0 unspecified atom stereocenters. The van der Waals surface area contributed by atoms with Crippen molar-refractivity contribution in [3.05, 3.63) is 77.8 Å². The molecular weight excluding hydrogens is 420 g/mol. The first-order chi connectivity index (χ1) is 10.8. The summed E-state index contributed by atoms with van der Waals surface area (Å²) in [5.74, 6) is 0. The van der Waals surface area contributed by atoms with Gasteiger partial charge in [-0.25, -0.2) is 9.55 Å². The molecule has 0 amide bonds. The second kappa shape index (κ2) is 6.60. The number of fused-ring (bicyclic) bond motifs is 1. The number of halogens is 2. The topological polar surface area (TPSA) is 34.6 Å². The van der Waals surface area contributed by atoms with Crippen molar-refractivity contribution in [2.75, 3.05) is 0 Å². The van der Waals surface area contributed by atoms with E-state index in [4.69, 9.17) is 0 Å². The van der Waals surface area contributed by atoms with Crippen molar-refractivity contribution < 1.29 is 4.57 Å². The summed E-state index contributed by atoms with van der Waals surface area (Å²) in [5.41, 5.74) is 3.74. The molecular formula is C17H13Br2N4+. The first-order valence-corrected chi connectivity index (χ1v) is 7.67. The van der Waals surface area contributed by atoms with E-state index >= 15 is 0 Å². The summed E-state index contributed by atoms with van der Waals surface area (Å²) >= 11 is 3.52. The van der Waals surface area contributed by atoms with Crippen LogP contribution in [0.3, 0.4) is 0 Å². The van der Waals surface area contributed by atoms with Gasteiger partial charge in [0, 0.05) is 4.47 Å². The molecule has 0 radical (unpaired) electrons. The van der Waals surface area contributed by atoms with E-state index in [1.54, 1.807) is 12.4 Å². The monoisotopic (exact) mass is 431 g/mol. The van der Waals surface area contributed by atoms with Gasteiger partial charge < -0.3 is 0 Å². The Morgan fingerprint density at radius 1 is 0.913 bits per heavy atom. The lowest BCUT2D eigenvalue weighted by atomic mass is 10.3. The highest BCUT2D eigenvalue weighted by Gasteiger charge is 2.20. The van der Waals surface area contributed by atoms with Crippen LogP contribution in [-0.2, 0) is 0 Å². The van der Waals surface area contributed by atoms with Gasteiger partial charge in [-0.1, -0.05) is 40.2 Å². The average Bonchev–Trinajstić information content (AvgIpc) is 2.95. The van der Waals surface area contributed by atoms with Crippen molar-refractivity contribution in [3.63, 3.8) is 0 Å². The highest BCUT2D eigenvalue weighted by molar-refractivity contribution is 9.10. The van der Waals surface area contributed by atoms with Crippen molar-refractivity contribution in [2.24, 2.45) is 0 Å². The minimum Gasteiger partial charge on any atom is -0.215 e. The molecule has 114 valence electrons. The molecule has 0 aliphatic rings. The van der Waals surface area contributed by atoms with Crippen LogP contribution in [0, 0.1) is 0 Å². The van der Waals surface area contributed by atoms with E-state index in [-0.39, 0.29) is 17.0 Å². The van der Waals surface area contributed by atoms with Crippen molar-refractivity contribution in [2.45, 2.75) is 0 Å². The van der Waals surface area contributed by atoms with Gasteiger partial charge in [-0.15, -0.1) is 22.0 Å². The predicted octanol–water partition coefficient (Wildman–Crippen LogP) is 4.04. The lowest BCUT2D eigenvalue weighted by molar-refractivity contribution is -0.570. The van der Waals surface area contributed by atoms with Crippen LogP contribution < -0.4 is 4.57 Å². The fourth-order valence-corrected chi connectivity index (χ4v) is 2.87. The Balaban J connectivity index is 0.00000156. The summed E-state index contributed by atoms with van der Waals surface area (Å²) in [6.07, 6.45) is 5.45. The molecule has 0 N–H and O–H groups in total. The van der Waals surface area contributed by atoms with Crippen LogP contribution in [0.1, 0.15) is 0 Å². The number of benzene rings is 2. The summed E-state index contributed by atoms with van der Waals surface area (Å²) in [4.78, 5) is 8.99. The van der Waals surface area contributed by atoms with Crippen molar-refractivity contribution in [1.29, 1.82) is 0 Å². The highest BCUT2D eigenvalue weighted by Crippen LogP contribution is 2.19. The number of aromatic nitrogens is 4. The van der Waals surface area contributed by atoms with Gasteiger partial charge >= 0.3 is 5.65 Å². The second-order valence-corrected chi connectivity index (χ2v) is 5.79. The van der Waals surface area contributed by atoms with E-state index in [1.807, 2.05) is 51.9 Å². The molecule has 0 aliphatic carbocycles. The van der Waals surface area contributed by atoms with E-state index < -0.39 is 0 Å². The number of hydrogen-bond acceptors (Lipinski definition) is 2. The van der Waals surface area contributed by atoms with Crippen molar-refractivity contribution in [1.82, 2.24) is 14.5 Å². The van der Waals surface area contributed by atoms with E-state index in [2.05, 4.69) is 44.1 Å². The minimum absolute atomic E-state index is 0. The Labute approximate surface area is 152 Å². The molecule has 0 fully saturated rings. The Kier molecular flexibility index (Phi) is 4.54. The van der Waals surface area contributed by atoms with Crippen molar-refractivity contribution in [3.8, 4) is 11.4 Å². The maximum atomic E-state index is 4.50. The number of imidazole rings is 1. The van der Waals surface area contributed by atoms with Gasteiger partial charge in [0.15, 0.2) is 0 Å². The van der Waals surface area contributed by atoms with E-state index in [0.717, 1.165) is 27.1 Å². The Hall–Kier alpha value is -2.05. The standard InChI is InChI=1S/C17H12BrN4.BrH/c18-13-5-4-8-15(11-13)22-12-21(14-6-2-1-3-7-14)16-17(22)20-10-9-19-16;/h1-12H;1H/q+1;. The first kappa shape index (κ1) is 15.8. The summed E-state index contributed by atoms with van der Waals surface area (Å²) in [6.45, 7) is 0. The number of nitrogens with zero attached hydrogens (tertiary/aromatic N) is 4. The van der Waals surface area contributed by atoms with Gasteiger partial charge in [-0.2, -0.15) is 4.57 Å².